The molecule has 0 fully saturated rings. The van der Waals surface area contributed by atoms with Crippen molar-refractivity contribution in [1.82, 2.24) is 0 Å². The lowest BCUT2D eigenvalue weighted by Crippen LogP contribution is -1.94. The average molecular weight is 218 g/mol. The van der Waals surface area contributed by atoms with Crippen LogP contribution in [0.15, 0.2) is 30.3 Å². The van der Waals surface area contributed by atoms with Gasteiger partial charge in [-0.2, -0.15) is 0 Å². The van der Waals surface area contributed by atoms with E-state index >= 15 is 0 Å². The fraction of sp³-hybridized carbons (Fsp3) is 0.357. The van der Waals surface area contributed by atoms with Gasteiger partial charge in [0.1, 0.15) is 0 Å². The van der Waals surface area contributed by atoms with E-state index < -0.39 is 0 Å². The Morgan fingerprint density at radius 2 is 1.94 bits per heavy atom. The zero-order valence-corrected chi connectivity index (χ0v) is 10.1. The summed E-state index contributed by atoms with van der Waals surface area (Å²) in [5.74, 6) is 0.336. The van der Waals surface area contributed by atoms with Gasteiger partial charge in [0.2, 0.25) is 0 Å². The maximum absolute atomic E-state index is 10.9. The Morgan fingerprint density at radius 1 is 1.31 bits per heavy atom. The van der Waals surface area contributed by atoms with E-state index in [9.17, 15) is 4.79 Å². The SMILES string of the molecule is COC(=O)C=Cc1ccc(CC(C)C)cc1. The summed E-state index contributed by atoms with van der Waals surface area (Å²) in [4.78, 5) is 10.9. The van der Waals surface area contributed by atoms with E-state index in [4.69, 9.17) is 0 Å². The van der Waals surface area contributed by atoms with Gasteiger partial charge in [-0.05, 0) is 29.5 Å². The Hall–Kier alpha value is -1.57. The van der Waals surface area contributed by atoms with Crippen LogP contribution in [0.25, 0.3) is 6.08 Å². The van der Waals surface area contributed by atoms with Crippen LogP contribution in [0.2, 0.25) is 0 Å². The smallest absolute Gasteiger partial charge is 0.330 e. The van der Waals surface area contributed by atoms with E-state index in [-0.39, 0.29) is 5.97 Å². The second-order valence-electron chi connectivity index (χ2n) is 4.20. The standard InChI is InChI=1S/C14H18O2/c1-11(2)10-13-6-4-12(5-7-13)8-9-14(15)16-3/h4-9,11H,10H2,1-3H3. The van der Waals surface area contributed by atoms with Gasteiger partial charge in [-0.15, -0.1) is 0 Å². The molecule has 0 spiro atoms. The van der Waals surface area contributed by atoms with Gasteiger partial charge in [-0.3, -0.25) is 0 Å². The summed E-state index contributed by atoms with van der Waals surface area (Å²) in [5, 5.41) is 0. The van der Waals surface area contributed by atoms with Gasteiger partial charge in [-0.1, -0.05) is 38.1 Å². The summed E-state index contributed by atoms with van der Waals surface area (Å²) >= 11 is 0. The van der Waals surface area contributed by atoms with E-state index in [1.54, 1.807) is 6.08 Å². The molecule has 0 bridgehead atoms. The molecule has 2 nitrogen and oxygen atoms in total. The first kappa shape index (κ1) is 12.5. The first-order chi connectivity index (χ1) is 7.61. The molecule has 16 heavy (non-hydrogen) atoms. The van der Waals surface area contributed by atoms with Gasteiger partial charge >= 0.3 is 5.97 Å². The molecular formula is C14H18O2. The van der Waals surface area contributed by atoms with Crippen molar-refractivity contribution in [3.8, 4) is 0 Å². The number of esters is 1. The predicted octanol–water partition coefficient (Wildman–Crippen LogP) is 3.07. The number of methoxy groups -OCH3 is 1. The molecule has 0 N–H and O–H groups in total. The van der Waals surface area contributed by atoms with Gasteiger partial charge in [0.25, 0.3) is 0 Å². The third-order valence-electron chi connectivity index (χ3n) is 2.24. The molecule has 0 saturated carbocycles. The Morgan fingerprint density at radius 3 is 2.44 bits per heavy atom. The lowest BCUT2D eigenvalue weighted by Gasteiger charge is -2.04. The Labute approximate surface area is 96.9 Å². The highest BCUT2D eigenvalue weighted by atomic mass is 16.5. The molecule has 0 aliphatic carbocycles. The number of benzene rings is 1. The van der Waals surface area contributed by atoms with Crippen LogP contribution in [0.5, 0.6) is 0 Å². The minimum absolute atomic E-state index is 0.328. The summed E-state index contributed by atoms with van der Waals surface area (Å²) < 4.78 is 4.52. The maximum atomic E-state index is 10.9. The van der Waals surface area contributed by atoms with Crippen LogP contribution in [-0.4, -0.2) is 13.1 Å². The van der Waals surface area contributed by atoms with Gasteiger partial charge in [0, 0.05) is 6.08 Å². The third-order valence-corrected chi connectivity index (χ3v) is 2.24. The highest BCUT2D eigenvalue weighted by Gasteiger charge is 1.97. The van der Waals surface area contributed by atoms with E-state index in [2.05, 4.69) is 30.7 Å². The molecule has 86 valence electrons. The molecule has 0 radical (unpaired) electrons. The minimum Gasteiger partial charge on any atom is -0.466 e. The largest absolute Gasteiger partial charge is 0.466 e. The maximum Gasteiger partial charge on any atom is 0.330 e. The Balaban J connectivity index is 2.64. The molecule has 0 aromatic heterocycles. The summed E-state index contributed by atoms with van der Waals surface area (Å²) in [6.45, 7) is 4.40. The summed E-state index contributed by atoms with van der Waals surface area (Å²) in [7, 11) is 1.37. The zero-order chi connectivity index (χ0) is 12.0. The quantitative estimate of drug-likeness (QED) is 0.573. The second-order valence-corrected chi connectivity index (χ2v) is 4.20. The summed E-state index contributed by atoms with van der Waals surface area (Å²) in [6.07, 6.45) is 4.27. The molecule has 0 aliphatic rings. The highest BCUT2D eigenvalue weighted by Crippen LogP contribution is 2.10. The van der Waals surface area contributed by atoms with Crippen LogP contribution < -0.4 is 0 Å². The van der Waals surface area contributed by atoms with Gasteiger partial charge in [0.05, 0.1) is 7.11 Å². The van der Waals surface area contributed by atoms with Crippen molar-refractivity contribution in [1.29, 1.82) is 0 Å². The van der Waals surface area contributed by atoms with E-state index in [1.165, 1.54) is 18.7 Å². The fourth-order valence-electron chi connectivity index (χ4n) is 1.47. The van der Waals surface area contributed by atoms with Gasteiger partial charge in [0.15, 0.2) is 0 Å². The molecular weight excluding hydrogens is 200 g/mol. The van der Waals surface area contributed by atoms with Gasteiger partial charge in [-0.25, -0.2) is 4.79 Å². The zero-order valence-electron chi connectivity index (χ0n) is 10.1. The molecule has 0 saturated heterocycles. The van der Waals surface area contributed by atoms with Crippen LogP contribution in [0.1, 0.15) is 25.0 Å². The average Bonchev–Trinajstić information content (AvgIpc) is 2.27. The first-order valence-corrected chi connectivity index (χ1v) is 5.47. The van der Waals surface area contributed by atoms with Crippen molar-refractivity contribution in [2.24, 2.45) is 5.92 Å². The fourth-order valence-corrected chi connectivity index (χ4v) is 1.47. The van der Waals surface area contributed by atoms with Crippen molar-refractivity contribution in [3.05, 3.63) is 41.5 Å². The van der Waals surface area contributed by atoms with Crippen molar-refractivity contribution in [2.45, 2.75) is 20.3 Å². The topological polar surface area (TPSA) is 26.3 Å². The van der Waals surface area contributed by atoms with E-state index in [0.717, 1.165) is 12.0 Å². The molecule has 0 amide bonds. The Kier molecular flexibility index (Phi) is 4.77. The second kappa shape index (κ2) is 6.11. The first-order valence-electron chi connectivity index (χ1n) is 5.47. The van der Waals surface area contributed by atoms with Crippen molar-refractivity contribution in [3.63, 3.8) is 0 Å². The highest BCUT2D eigenvalue weighted by molar-refractivity contribution is 5.86. The monoisotopic (exact) mass is 218 g/mol. The molecule has 2 heteroatoms. The number of hydrogen-bond acceptors (Lipinski definition) is 2. The number of carbonyl (C=O) groups excluding carboxylic acids is 1. The lowest BCUT2D eigenvalue weighted by atomic mass is 10.0. The normalized spacial score (nSPS) is 11.0. The summed E-state index contributed by atoms with van der Waals surface area (Å²) in [6, 6.07) is 8.21. The number of hydrogen-bond donors (Lipinski definition) is 0. The van der Waals surface area contributed by atoms with Crippen LogP contribution >= 0.6 is 0 Å². The van der Waals surface area contributed by atoms with E-state index in [1.807, 2.05) is 12.1 Å². The molecule has 0 heterocycles. The Bertz CT molecular complexity index is 361. The summed E-state index contributed by atoms with van der Waals surface area (Å²) in [5.41, 5.74) is 2.34. The molecule has 1 aromatic rings. The van der Waals surface area contributed by atoms with Gasteiger partial charge < -0.3 is 4.74 Å². The van der Waals surface area contributed by atoms with Crippen LogP contribution in [0, 0.1) is 5.92 Å². The number of carbonyl (C=O) groups is 1. The molecule has 1 aromatic carbocycles. The van der Waals surface area contributed by atoms with Crippen LogP contribution in [-0.2, 0) is 16.0 Å². The van der Waals surface area contributed by atoms with Crippen LogP contribution in [0.4, 0.5) is 0 Å². The van der Waals surface area contributed by atoms with Crippen molar-refractivity contribution >= 4 is 12.0 Å². The lowest BCUT2D eigenvalue weighted by molar-refractivity contribution is -0.134. The van der Waals surface area contributed by atoms with Crippen LogP contribution in [0.3, 0.4) is 0 Å². The van der Waals surface area contributed by atoms with Crippen molar-refractivity contribution in [2.75, 3.05) is 7.11 Å². The molecule has 0 atom stereocenters. The molecule has 1 rings (SSSR count). The molecule has 0 aliphatic heterocycles. The number of rotatable bonds is 4. The predicted molar refractivity (Wildman–Crippen MR) is 66.0 cm³/mol. The van der Waals surface area contributed by atoms with Crippen molar-refractivity contribution < 1.29 is 9.53 Å². The van der Waals surface area contributed by atoms with E-state index in [0.29, 0.717) is 5.92 Å². The minimum atomic E-state index is -0.328. The third kappa shape index (κ3) is 4.30. The molecule has 0 unspecified atom stereocenters. The number of ether oxygens (including phenoxy) is 1.